The molecule has 0 heterocycles. The number of aliphatic hydroxyl groups excluding tert-OH is 1. The van der Waals surface area contributed by atoms with Crippen LogP contribution in [0.2, 0.25) is 0 Å². The molecular formula is C13H15F4NO2. The maximum Gasteiger partial charge on any atom is 0.416 e. The van der Waals surface area contributed by atoms with Crippen molar-refractivity contribution >= 4 is 5.91 Å². The lowest BCUT2D eigenvalue weighted by atomic mass is 10.1. The van der Waals surface area contributed by atoms with Crippen molar-refractivity contribution in [2.24, 2.45) is 0 Å². The predicted molar refractivity (Wildman–Crippen MR) is 64.7 cm³/mol. The molecule has 1 N–H and O–H groups in total. The van der Waals surface area contributed by atoms with Crippen LogP contribution in [0.1, 0.15) is 29.3 Å². The van der Waals surface area contributed by atoms with E-state index in [2.05, 4.69) is 0 Å². The Bertz CT molecular complexity index is 486. The molecule has 0 bridgehead atoms. The predicted octanol–water partition coefficient (Wildman–Crippen LogP) is 2.69. The third kappa shape index (κ3) is 4.19. The van der Waals surface area contributed by atoms with Gasteiger partial charge in [-0.2, -0.15) is 13.2 Å². The second-order valence-electron chi connectivity index (χ2n) is 4.56. The molecule has 0 aliphatic heterocycles. The Kier molecular flexibility index (Phi) is 5.10. The van der Waals surface area contributed by atoms with Crippen molar-refractivity contribution in [2.75, 3.05) is 13.6 Å². The van der Waals surface area contributed by atoms with Crippen molar-refractivity contribution in [1.29, 1.82) is 0 Å². The minimum absolute atomic E-state index is 0.117. The van der Waals surface area contributed by atoms with Gasteiger partial charge in [-0.3, -0.25) is 4.79 Å². The standard InChI is InChI=1S/C13H15F4NO2/c1-8(19)5-6-18(2)12(20)10-7-9(13(15,16)17)3-4-11(10)14/h3-4,7-8,19H,5-6H2,1-2H3. The van der Waals surface area contributed by atoms with E-state index in [-0.39, 0.29) is 13.0 Å². The maximum absolute atomic E-state index is 13.5. The molecule has 20 heavy (non-hydrogen) atoms. The van der Waals surface area contributed by atoms with Gasteiger partial charge in [-0.15, -0.1) is 0 Å². The molecule has 1 aromatic rings. The van der Waals surface area contributed by atoms with Gasteiger partial charge >= 0.3 is 6.18 Å². The van der Waals surface area contributed by atoms with E-state index in [1.165, 1.54) is 14.0 Å². The quantitative estimate of drug-likeness (QED) is 0.867. The van der Waals surface area contributed by atoms with Crippen molar-refractivity contribution in [3.8, 4) is 0 Å². The number of amides is 1. The molecule has 112 valence electrons. The highest BCUT2D eigenvalue weighted by molar-refractivity contribution is 5.94. The minimum atomic E-state index is -4.64. The van der Waals surface area contributed by atoms with Gasteiger partial charge in [0.25, 0.3) is 5.91 Å². The Labute approximate surface area is 113 Å². The minimum Gasteiger partial charge on any atom is -0.393 e. The average Bonchev–Trinajstić information content (AvgIpc) is 2.34. The Hall–Kier alpha value is -1.63. The number of nitrogens with zero attached hydrogens (tertiary/aromatic N) is 1. The first kappa shape index (κ1) is 16.4. The molecule has 0 radical (unpaired) electrons. The topological polar surface area (TPSA) is 40.5 Å². The third-order valence-electron chi connectivity index (χ3n) is 2.75. The molecule has 1 amide bonds. The number of rotatable bonds is 4. The summed E-state index contributed by atoms with van der Waals surface area (Å²) in [5.74, 6) is -1.86. The van der Waals surface area contributed by atoms with E-state index in [1.54, 1.807) is 0 Å². The lowest BCUT2D eigenvalue weighted by molar-refractivity contribution is -0.137. The Morgan fingerprint density at radius 3 is 2.50 bits per heavy atom. The molecule has 1 atom stereocenters. The van der Waals surface area contributed by atoms with Crippen LogP contribution in [-0.4, -0.2) is 35.6 Å². The van der Waals surface area contributed by atoms with E-state index in [0.717, 1.165) is 4.90 Å². The van der Waals surface area contributed by atoms with Gasteiger partial charge in [0.05, 0.1) is 17.2 Å². The summed E-state index contributed by atoms with van der Waals surface area (Å²) < 4.78 is 51.1. The highest BCUT2D eigenvalue weighted by Crippen LogP contribution is 2.30. The van der Waals surface area contributed by atoms with Gasteiger partial charge in [-0.05, 0) is 31.5 Å². The lowest BCUT2D eigenvalue weighted by Crippen LogP contribution is -2.30. The van der Waals surface area contributed by atoms with Gasteiger partial charge in [-0.1, -0.05) is 0 Å². The Morgan fingerprint density at radius 2 is 2.00 bits per heavy atom. The van der Waals surface area contributed by atoms with E-state index in [0.29, 0.717) is 18.2 Å². The first-order chi connectivity index (χ1) is 9.12. The van der Waals surface area contributed by atoms with Crippen LogP contribution >= 0.6 is 0 Å². The molecule has 0 saturated carbocycles. The zero-order chi connectivity index (χ0) is 15.5. The summed E-state index contributed by atoms with van der Waals surface area (Å²) in [5, 5.41) is 9.10. The summed E-state index contributed by atoms with van der Waals surface area (Å²) in [6.07, 6.45) is -5.04. The number of alkyl halides is 3. The molecule has 3 nitrogen and oxygen atoms in total. The molecule has 0 spiro atoms. The SMILES string of the molecule is CC(O)CCN(C)C(=O)c1cc(C(F)(F)F)ccc1F. The number of carbonyl (C=O) groups is 1. The lowest BCUT2D eigenvalue weighted by Gasteiger charge is -2.19. The fourth-order valence-corrected chi connectivity index (χ4v) is 1.55. The summed E-state index contributed by atoms with van der Waals surface area (Å²) in [4.78, 5) is 13.0. The average molecular weight is 293 g/mol. The van der Waals surface area contributed by atoms with E-state index in [1.807, 2.05) is 0 Å². The van der Waals surface area contributed by atoms with Gasteiger partial charge in [0.15, 0.2) is 0 Å². The first-order valence-electron chi connectivity index (χ1n) is 5.93. The monoisotopic (exact) mass is 293 g/mol. The summed E-state index contributed by atoms with van der Waals surface area (Å²) >= 11 is 0. The molecule has 1 rings (SSSR count). The summed E-state index contributed by atoms with van der Waals surface area (Å²) in [5.41, 5.74) is -1.71. The van der Waals surface area contributed by atoms with Crippen LogP contribution in [0.5, 0.6) is 0 Å². The fraction of sp³-hybridized carbons (Fsp3) is 0.462. The van der Waals surface area contributed by atoms with Crippen LogP contribution in [0, 0.1) is 5.82 Å². The normalized spacial score (nSPS) is 13.2. The van der Waals surface area contributed by atoms with E-state index in [9.17, 15) is 22.4 Å². The molecule has 1 aromatic carbocycles. The zero-order valence-corrected chi connectivity index (χ0v) is 11.0. The molecule has 7 heteroatoms. The maximum atomic E-state index is 13.5. The number of benzene rings is 1. The number of aliphatic hydroxyl groups is 1. The second kappa shape index (κ2) is 6.21. The van der Waals surface area contributed by atoms with Gasteiger partial charge < -0.3 is 10.0 Å². The number of carbonyl (C=O) groups excluding carboxylic acids is 1. The van der Waals surface area contributed by atoms with E-state index in [4.69, 9.17) is 5.11 Å². The van der Waals surface area contributed by atoms with Crippen molar-refractivity contribution in [1.82, 2.24) is 4.90 Å². The summed E-state index contributed by atoms with van der Waals surface area (Å²) in [6, 6.07) is 1.71. The van der Waals surface area contributed by atoms with Crippen molar-refractivity contribution in [3.63, 3.8) is 0 Å². The number of halogens is 4. The summed E-state index contributed by atoms with van der Waals surface area (Å²) in [6.45, 7) is 1.63. The molecule has 0 aromatic heterocycles. The third-order valence-corrected chi connectivity index (χ3v) is 2.75. The highest BCUT2D eigenvalue weighted by atomic mass is 19.4. The number of hydrogen-bond acceptors (Lipinski definition) is 2. The Morgan fingerprint density at radius 1 is 1.40 bits per heavy atom. The number of hydrogen-bond donors (Lipinski definition) is 1. The first-order valence-corrected chi connectivity index (χ1v) is 5.93. The van der Waals surface area contributed by atoms with E-state index >= 15 is 0 Å². The van der Waals surface area contributed by atoms with Gasteiger partial charge in [0.2, 0.25) is 0 Å². The van der Waals surface area contributed by atoms with E-state index < -0.39 is 35.1 Å². The van der Waals surface area contributed by atoms with Crippen molar-refractivity contribution in [2.45, 2.75) is 25.6 Å². The Balaban J connectivity index is 2.97. The molecule has 0 saturated heterocycles. The van der Waals surface area contributed by atoms with Crippen molar-refractivity contribution in [3.05, 3.63) is 35.1 Å². The molecule has 1 unspecified atom stereocenters. The molecule has 0 aliphatic rings. The second-order valence-corrected chi connectivity index (χ2v) is 4.56. The fourth-order valence-electron chi connectivity index (χ4n) is 1.55. The summed E-state index contributed by atoms with van der Waals surface area (Å²) in [7, 11) is 1.34. The van der Waals surface area contributed by atoms with Crippen LogP contribution in [-0.2, 0) is 6.18 Å². The zero-order valence-electron chi connectivity index (χ0n) is 11.0. The van der Waals surface area contributed by atoms with Crippen LogP contribution in [0.25, 0.3) is 0 Å². The van der Waals surface area contributed by atoms with Crippen LogP contribution in [0.15, 0.2) is 18.2 Å². The van der Waals surface area contributed by atoms with Crippen LogP contribution in [0.3, 0.4) is 0 Å². The van der Waals surface area contributed by atoms with Gasteiger partial charge in [-0.25, -0.2) is 4.39 Å². The van der Waals surface area contributed by atoms with Gasteiger partial charge in [0, 0.05) is 13.6 Å². The molecular weight excluding hydrogens is 278 g/mol. The largest absolute Gasteiger partial charge is 0.416 e. The van der Waals surface area contributed by atoms with Crippen molar-refractivity contribution < 1.29 is 27.5 Å². The smallest absolute Gasteiger partial charge is 0.393 e. The molecule has 0 fully saturated rings. The molecule has 0 aliphatic carbocycles. The van der Waals surface area contributed by atoms with Gasteiger partial charge in [0.1, 0.15) is 5.82 Å². The highest BCUT2D eigenvalue weighted by Gasteiger charge is 2.32. The van der Waals surface area contributed by atoms with Crippen LogP contribution in [0.4, 0.5) is 17.6 Å². The van der Waals surface area contributed by atoms with Crippen LogP contribution < -0.4 is 0 Å².